The van der Waals surface area contributed by atoms with Crippen molar-refractivity contribution in [2.24, 2.45) is 0 Å². The molecule has 0 bridgehead atoms. The van der Waals surface area contributed by atoms with Crippen LogP contribution in [0.25, 0.3) is 0 Å². The second-order valence-electron chi connectivity index (χ2n) is 7.76. The summed E-state index contributed by atoms with van der Waals surface area (Å²) in [5.74, 6) is -0.285. The third kappa shape index (κ3) is 7.69. The van der Waals surface area contributed by atoms with E-state index in [-0.39, 0.29) is 18.5 Å². The van der Waals surface area contributed by atoms with Crippen molar-refractivity contribution in [2.75, 3.05) is 17.9 Å². The lowest BCUT2D eigenvalue weighted by atomic mass is 10.1. The molecule has 0 aliphatic carbocycles. The fourth-order valence-electron chi connectivity index (χ4n) is 3.36. The Morgan fingerprint density at radius 2 is 1.53 bits per heavy atom. The number of nitrogens with one attached hydrogen (secondary N) is 3. The second kappa shape index (κ2) is 13.3. The van der Waals surface area contributed by atoms with Gasteiger partial charge in [-0.25, -0.2) is 4.79 Å². The van der Waals surface area contributed by atoms with Crippen molar-refractivity contribution in [1.82, 2.24) is 16.0 Å². The first kappa shape index (κ1) is 27.5. The molecule has 0 saturated heterocycles. The molecule has 0 fully saturated rings. The van der Waals surface area contributed by atoms with Crippen LogP contribution in [0.1, 0.15) is 27.0 Å². The van der Waals surface area contributed by atoms with Gasteiger partial charge >= 0.3 is 6.03 Å². The molecule has 3 N–H and O–H groups in total. The molecular weight excluding hydrogens is 523 g/mol. The highest BCUT2D eigenvalue weighted by Crippen LogP contribution is 2.26. The molecule has 0 spiro atoms. The van der Waals surface area contributed by atoms with Gasteiger partial charge in [0.05, 0.1) is 10.0 Å². The standard InChI is InChI=1S/C25H26Cl2N4O4S/c1-28-25(33)30-16-18-7-5-17(6-8-18)15-29-24(32)20-9-11-21(12-10-20)31(36(34)35)14-13-19-3-2-4-22(26)23(19)27/h2-12H,13-16H2,1H3,(H,29,32)(H,34,35)(H2,28,30,33)/p-1. The van der Waals surface area contributed by atoms with Gasteiger partial charge in [-0.15, -0.1) is 0 Å². The fraction of sp³-hybridized carbons (Fsp3) is 0.200. The summed E-state index contributed by atoms with van der Waals surface area (Å²) in [7, 11) is 1.55. The lowest BCUT2D eigenvalue weighted by Gasteiger charge is -2.26. The van der Waals surface area contributed by atoms with E-state index in [1.807, 2.05) is 24.3 Å². The number of nitrogens with zero attached hydrogens (tertiary/aromatic N) is 1. The van der Waals surface area contributed by atoms with E-state index in [1.165, 1.54) is 4.31 Å². The molecule has 0 aliphatic heterocycles. The van der Waals surface area contributed by atoms with Crippen LogP contribution in [-0.2, 0) is 30.8 Å². The minimum atomic E-state index is -2.51. The molecule has 1 unspecified atom stereocenters. The van der Waals surface area contributed by atoms with Crippen LogP contribution in [0.15, 0.2) is 66.7 Å². The molecule has 0 aromatic heterocycles. The highest BCUT2D eigenvalue weighted by molar-refractivity contribution is 7.80. The van der Waals surface area contributed by atoms with E-state index in [9.17, 15) is 18.4 Å². The monoisotopic (exact) mass is 547 g/mol. The largest absolute Gasteiger partial charge is 0.755 e. The number of hydrogen-bond acceptors (Lipinski definition) is 4. The van der Waals surface area contributed by atoms with Crippen LogP contribution in [0.2, 0.25) is 10.0 Å². The smallest absolute Gasteiger partial charge is 0.314 e. The quantitative estimate of drug-likeness (QED) is 0.330. The van der Waals surface area contributed by atoms with Crippen molar-refractivity contribution in [1.29, 1.82) is 0 Å². The Bertz CT molecular complexity index is 1220. The number of benzene rings is 3. The van der Waals surface area contributed by atoms with Gasteiger partial charge in [-0.2, -0.15) is 0 Å². The molecule has 11 heteroatoms. The van der Waals surface area contributed by atoms with Crippen molar-refractivity contribution in [2.45, 2.75) is 19.5 Å². The summed E-state index contributed by atoms with van der Waals surface area (Å²) in [5.41, 5.74) is 3.41. The zero-order chi connectivity index (χ0) is 26.1. The van der Waals surface area contributed by atoms with E-state index in [4.69, 9.17) is 23.2 Å². The van der Waals surface area contributed by atoms with Gasteiger partial charge in [0.25, 0.3) is 5.91 Å². The Morgan fingerprint density at radius 3 is 2.11 bits per heavy atom. The first-order valence-corrected chi connectivity index (χ1v) is 12.8. The highest BCUT2D eigenvalue weighted by Gasteiger charge is 2.12. The molecule has 0 radical (unpaired) electrons. The maximum atomic E-state index is 12.6. The number of halogens is 2. The third-order valence-corrected chi connectivity index (χ3v) is 6.98. The summed E-state index contributed by atoms with van der Waals surface area (Å²) in [6.45, 7) is 0.882. The van der Waals surface area contributed by atoms with Crippen molar-refractivity contribution in [3.05, 3.63) is 99.0 Å². The third-order valence-electron chi connectivity index (χ3n) is 5.37. The molecular formula is C25H25Cl2N4O4S-. The Kier molecular flexibility index (Phi) is 10.1. The second-order valence-corrected chi connectivity index (χ2v) is 9.42. The van der Waals surface area contributed by atoms with Crippen LogP contribution in [0.4, 0.5) is 10.5 Å². The van der Waals surface area contributed by atoms with Gasteiger partial charge in [-0.1, -0.05) is 59.6 Å². The molecule has 0 aliphatic rings. The number of amides is 3. The van der Waals surface area contributed by atoms with Crippen LogP contribution in [0.5, 0.6) is 0 Å². The zero-order valence-electron chi connectivity index (χ0n) is 19.4. The number of urea groups is 1. The maximum absolute atomic E-state index is 12.6. The molecule has 3 aromatic rings. The Morgan fingerprint density at radius 1 is 0.917 bits per heavy atom. The van der Waals surface area contributed by atoms with Gasteiger partial charge < -0.3 is 24.8 Å². The molecule has 3 aromatic carbocycles. The zero-order valence-corrected chi connectivity index (χ0v) is 21.8. The van der Waals surface area contributed by atoms with E-state index in [0.717, 1.165) is 16.7 Å². The minimum absolute atomic E-state index is 0.163. The van der Waals surface area contributed by atoms with E-state index >= 15 is 0 Å². The van der Waals surface area contributed by atoms with Crippen LogP contribution in [0, 0.1) is 0 Å². The van der Waals surface area contributed by atoms with Crippen LogP contribution < -0.4 is 20.3 Å². The van der Waals surface area contributed by atoms with Crippen molar-refractivity contribution in [3.63, 3.8) is 0 Å². The lowest BCUT2D eigenvalue weighted by molar-refractivity contribution is 0.0951. The average molecular weight is 548 g/mol. The van der Waals surface area contributed by atoms with Gasteiger partial charge in [0.15, 0.2) is 0 Å². The fourth-order valence-corrected chi connectivity index (χ4v) is 4.31. The number of hydrogen-bond donors (Lipinski definition) is 3. The number of rotatable bonds is 10. The maximum Gasteiger partial charge on any atom is 0.314 e. The topological polar surface area (TPSA) is 114 Å². The molecule has 3 rings (SSSR count). The molecule has 190 valence electrons. The predicted octanol–water partition coefficient (Wildman–Crippen LogP) is 4.20. The number of anilines is 1. The molecule has 8 nitrogen and oxygen atoms in total. The van der Waals surface area contributed by atoms with E-state index in [0.29, 0.717) is 40.8 Å². The molecule has 1 atom stereocenters. The first-order chi connectivity index (χ1) is 17.3. The van der Waals surface area contributed by atoms with Crippen LogP contribution in [0.3, 0.4) is 0 Å². The molecule has 0 heterocycles. The lowest BCUT2D eigenvalue weighted by Crippen LogP contribution is -2.32. The van der Waals surface area contributed by atoms with Gasteiger partial charge in [0, 0.05) is 49.2 Å². The molecule has 3 amide bonds. The Hall–Kier alpha value is -3.11. The number of carbonyl (C=O) groups excluding carboxylic acids is 2. The summed E-state index contributed by atoms with van der Waals surface area (Å²) in [5, 5.41) is 8.85. The van der Waals surface area contributed by atoms with Gasteiger partial charge in [0.1, 0.15) is 0 Å². The van der Waals surface area contributed by atoms with Crippen molar-refractivity contribution < 1.29 is 18.4 Å². The van der Waals surface area contributed by atoms with Crippen molar-refractivity contribution >= 4 is 52.1 Å². The molecule has 0 saturated carbocycles. The van der Waals surface area contributed by atoms with Crippen LogP contribution >= 0.6 is 23.2 Å². The van der Waals surface area contributed by atoms with Gasteiger partial charge in [0.2, 0.25) is 0 Å². The van der Waals surface area contributed by atoms with Crippen LogP contribution in [-0.4, -0.2) is 34.3 Å². The summed E-state index contributed by atoms with van der Waals surface area (Å²) in [6.07, 6.45) is 0.371. The summed E-state index contributed by atoms with van der Waals surface area (Å²) in [6, 6.07) is 18.8. The van der Waals surface area contributed by atoms with Gasteiger partial charge in [-0.05, 0) is 53.4 Å². The first-order valence-electron chi connectivity index (χ1n) is 11.0. The Balaban J connectivity index is 1.56. The normalized spacial score (nSPS) is 11.4. The van der Waals surface area contributed by atoms with E-state index in [1.54, 1.807) is 49.5 Å². The predicted molar refractivity (Wildman–Crippen MR) is 142 cm³/mol. The van der Waals surface area contributed by atoms with E-state index in [2.05, 4.69) is 16.0 Å². The Labute approximate surface area is 222 Å². The van der Waals surface area contributed by atoms with Gasteiger partial charge in [-0.3, -0.25) is 9.00 Å². The number of carbonyl (C=O) groups is 2. The average Bonchev–Trinajstić information content (AvgIpc) is 2.89. The van der Waals surface area contributed by atoms with E-state index < -0.39 is 11.3 Å². The summed E-state index contributed by atoms with van der Waals surface area (Å²) < 4.78 is 24.9. The summed E-state index contributed by atoms with van der Waals surface area (Å²) >= 11 is 9.73. The highest BCUT2D eigenvalue weighted by atomic mass is 35.5. The van der Waals surface area contributed by atoms with Crippen molar-refractivity contribution in [3.8, 4) is 0 Å². The minimum Gasteiger partial charge on any atom is -0.755 e. The SMILES string of the molecule is CNC(=O)NCc1ccc(CNC(=O)c2ccc(N(CCc3cccc(Cl)c3Cl)S(=O)[O-])cc2)cc1. The summed E-state index contributed by atoms with van der Waals surface area (Å²) in [4.78, 5) is 23.8. The molecule has 36 heavy (non-hydrogen) atoms.